The van der Waals surface area contributed by atoms with E-state index in [-0.39, 0.29) is 17.4 Å². The molecule has 0 radical (unpaired) electrons. The molecule has 2 aromatic heterocycles. The molecular weight excluding hydrogens is 248 g/mol. The zero-order chi connectivity index (χ0) is 12.5. The molecule has 1 aliphatic rings. The predicted octanol–water partition coefficient (Wildman–Crippen LogP) is 2.86. The average molecular weight is 262 g/mol. The van der Waals surface area contributed by atoms with Gasteiger partial charge in [-0.2, -0.15) is 4.98 Å². The van der Waals surface area contributed by atoms with Crippen molar-refractivity contribution in [3.63, 3.8) is 0 Å². The number of nitrogens with one attached hydrogen (secondary N) is 1. The highest BCUT2D eigenvalue weighted by Gasteiger charge is 2.24. The number of hydrogen-bond donors (Lipinski definition) is 2. The Balaban J connectivity index is 2.06. The Bertz CT molecular complexity index is 598. The van der Waals surface area contributed by atoms with Gasteiger partial charge in [0.25, 0.3) is 5.56 Å². The van der Waals surface area contributed by atoms with Gasteiger partial charge in [0.05, 0.1) is 10.4 Å². The number of rotatable bonds is 2. The van der Waals surface area contributed by atoms with Crippen LogP contribution in [0, 0.1) is 0 Å². The van der Waals surface area contributed by atoms with Crippen LogP contribution in [-0.2, 0) is 0 Å². The first-order valence-electron chi connectivity index (χ1n) is 6.13. The maximum Gasteiger partial charge on any atom is 0.258 e. The molecule has 0 unspecified atom stereocenters. The summed E-state index contributed by atoms with van der Waals surface area (Å²) in [7, 11) is 0. The first-order valence-corrected chi connectivity index (χ1v) is 7.00. The SMILES string of the molecule is O=c1[nH]c(-c2cccs2)nc(O)c1C1CCCC1. The van der Waals surface area contributed by atoms with Crippen molar-refractivity contribution in [2.75, 3.05) is 0 Å². The minimum Gasteiger partial charge on any atom is -0.493 e. The fourth-order valence-corrected chi connectivity index (χ4v) is 3.25. The Kier molecular flexibility index (Phi) is 2.91. The zero-order valence-corrected chi connectivity index (χ0v) is 10.7. The van der Waals surface area contributed by atoms with Crippen molar-refractivity contribution in [2.24, 2.45) is 0 Å². The molecule has 2 aromatic rings. The second kappa shape index (κ2) is 4.57. The van der Waals surface area contributed by atoms with Crippen LogP contribution in [0.2, 0.25) is 0 Å². The summed E-state index contributed by atoms with van der Waals surface area (Å²) >= 11 is 1.49. The number of aromatic nitrogens is 2. The minimum atomic E-state index is -0.196. The van der Waals surface area contributed by atoms with E-state index in [1.54, 1.807) is 0 Å². The van der Waals surface area contributed by atoms with Crippen LogP contribution in [0.1, 0.15) is 37.2 Å². The smallest absolute Gasteiger partial charge is 0.258 e. The van der Waals surface area contributed by atoms with E-state index in [2.05, 4.69) is 9.97 Å². The van der Waals surface area contributed by atoms with Crippen LogP contribution in [0.15, 0.2) is 22.3 Å². The maximum absolute atomic E-state index is 12.1. The molecule has 0 aromatic carbocycles. The van der Waals surface area contributed by atoms with Crippen LogP contribution in [0.3, 0.4) is 0 Å². The van der Waals surface area contributed by atoms with Crippen LogP contribution in [0.25, 0.3) is 10.7 Å². The number of H-pyrrole nitrogens is 1. The van der Waals surface area contributed by atoms with Gasteiger partial charge in [0.15, 0.2) is 5.82 Å². The summed E-state index contributed by atoms with van der Waals surface area (Å²) in [5, 5.41) is 11.9. The third kappa shape index (κ3) is 1.95. The van der Waals surface area contributed by atoms with E-state index < -0.39 is 0 Å². The summed E-state index contributed by atoms with van der Waals surface area (Å²) in [4.78, 5) is 19.9. The van der Waals surface area contributed by atoms with E-state index in [1.807, 2.05) is 17.5 Å². The first-order chi connectivity index (χ1) is 8.75. The van der Waals surface area contributed by atoms with Crippen LogP contribution in [-0.4, -0.2) is 15.1 Å². The van der Waals surface area contributed by atoms with Gasteiger partial charge in [-0.05, 0) is 30.2 Å². The van der Waals surface area contributed by atoms with Gasteiger partial charge in [-0.15, -0.1) is 11.3 Å². The highest BCUT2D eigenvalue weighted by molar-refractivity contribution is 7.13. The Labute approximate surface area is 108 Å². The zero-order valence-electron chi connectivity index (χ0n) is 9.85. The van der Waals surface area contributed by atoms with E-state index in [0.29, 0.717) is 11.4 Å². The molecule has 0 atom stereocenters. The fraction of sp³-hybridized carbons (Fsp3) is 0.385. The van der Waals surface area contributed by atoms with E-state index >= 15 is 0 Å². The molecule has 0 saturated heterocycles. The van der Waals surface area contributed by atoms with E-state index in [9.17, 15) is 9.90 Å². The van der Waals surface area contributed by atoms with Gasteiger partial charge < -0.3 is 10.1 Å². The number of aromatic hydroxyl groups is 1. The average Bonchev–Trinajstić information content (AvgIpc) is 3.01. The molecule has 1 saturated carbocycles. The molecule has 2 heterocycles. The van der Waals surface area contributed by atoms with E-state index in [0.717, 1.165) is 30.6 Å². The quantitative estimate of drug-likeness (QED) is 0.874. The summed E-state index contributed by atoms with van der Waals surface area (Å²) in [6.07, 6.45) is 4.18. The molecule has 0 spiro atoms. The monoisotopic (exact) mass is 262 g/mol. The van der Waals surface area contributed by atoms with Crippen molar-refractivity contribution < 1.29 is 5.11 Å². The Morgan fingerprint density at radius 2 is 2.17 bits per heavy atom. The molecule has 0 aliphatic heterocycles. The number of aromatic amines is 1. The normalized spacial score (nSPS) is 16.2. The Morgan fingerprint density at radius 3 is 2.78 bits per heavy atom. The molecule has 0 bridgehead atoms. The fourth-order valence-electron chi connectivity index (χ4n) is 2.58. The summed E-state index contributed by atoms with van der Waals surface area (Å²) in [5.41, 5.74) is 0.269. The van der Waals surface area contributed by atoms with Gasteiger partial charge in [0.1, 0.15) is 0 Å². The van der Waals surface area contributed by atoms with Gasteiger partial charge in [-0.3, -0.25) is 4.79 Å². The second-order valence-corrected chi connectivity index (χ2v) is 5.56. The number of nitrogens with zero attached hydrogens (tertiary/aromatic N) is 1. The van der Waals surface area contributed by atoms with Crippen LogP contribution < -0.4 is 5.56 Å². The van der Waals surface area contributed by atoms with Crippen molar-refractivity contribution in [1.29, 1.82) is 0 Å². The number of hydrogen-bond acceptors (Lipinski definition) is 4. The molecule has 18 heavy (non-hydrogen) atoms. The summed E-state index contributed by atoms with van der Waals surface area (Å²) < 4.78 is 0. The standard InChI is InChI=1S/C13H14N2O2S/c16-12-10(8-4-1-2-5-8)13(17)15-11(14-12)9-6-3-7-18-9/h3,6-8H,1-2,4-5H2,(H2,14,15,16,17). The molecule has 2 N–H and O–H groups in total. The minimum absolute atomic E-state index is 0.103. The van der Waals surface area contributed by atoms with Gasteiger partial charge >= 0.3 is 0 Å². The summed E-state index contributed by atoms with van der Waals surface area (Å²) in [6, 6.07) is 3.76. The van der Waals surface area contributed by atoms with E-state index in [1.165, 1.54) is 11.3 Å². The maximum atomic E-state index is 12.1. The molecule has 1 fully saturated rings. The molecule has 5 heteroatoms. The Morgan fingerprint density at radius 1 is 1.39 bits per heavy atom. The molecule has 0 amide bonds. The van der Waals surface area contributed by atoms with Crippen LogP contribution >= 0.6 is 11.3 Å². The van der Waals surface area contributed by atoms with E-state index in [4.69, 9.17) is 0 Å². The topological polar surface area (TPSA) is 66.0 Å². The van der Waals surface area contributed by atoms with Gasteiger partial charge in [-0.25, -0.2) is 0 Å². The molecule has 3 rings (SSSR count). The lowest BCUT2D eigenvalue weighted by Crippen LogP contribution is -2.17. The van der Waals surface area contributed by atoms with Crippen molar-refractivity contribution in [2.45, 2.75) is 31.6 Å². The first kappa shape index (κ1) is 11.5. The molecular formula is C13H14N2O2S. The lowest BCUT2D eigenvalue weighted by molar-refractivity contribution is 0.436. The van der Waals surface area contributed by atoms with Gasteiger partial charge in [0, 0.05) is 0 Å². The second-order valence-electron chi connectivity index (χ2n) is 4.61. The summed E-state index contributed by atoms with van der Waals surface area (Å²) in [5.74, 6) is 0.516. The van der Waals surface area contributed by atoms with Gasteiger partial charge in [0.2, 0.25) is 5.88 Å². The largest absolute Gasteiger partial charge is 0.493 e. The lowest BCUT2D eigenvalue weighted by atomic mass is 10.00. The third-order valence-corrected chi connectivity index (χ3v) is 4.33. The van der Waals surface area contributed by atoms with Gasteiger partial charge in [-0.1, -0.05) is 18.9 Å². The molecule has 4 nitrogen and oxygen atoms in total. The van der Waals surface area contributed by atoms with Crippen molar-refractivity contribution in [3.8, 4) is 16.6 Å². The highest BCUT2D eigenvalue weighted by Crippen LogP contribution is 2.36. The number of thiophene rings is 1. The molecule has 1 aliphatic carbocycles. The van der Waals surface area contributed by atoms with Crippen LogP contribution in [0.5, 0.6) is 5.88 Å². The van der Waals surface area contributed by atoms with Crippen molar-refractivity contribution in [3.05, 3.63) is 33.4 Å². The van der Waals surface area contributed by atoms with Crippen molar-refractivity contribution in [1.82, 2.24) is 9.97 Å². The van der Waals surface area contributed by atoms with Crippen molar-refractivity contribution >= 4 is 11.3 Å². The highest BCUT2D eigenvalue weighted by atomic mass is 32.1. The summed E-state index contributed by atoms with van der Waals surface area (Å²) in [6.45, 7) is 0. The third-order valence-electron chi connectivity index (χ3n) is 3.45. The molecule has 94 valence electrons. The Hall–Kier alpha value is -1.62. The lowest BCUT2D eigenvalue weighted by Gasteiger charge is -2.10. The van der Waals surface area contributed by atoms with Crippen LogP contribution in [0.4, 0.5) is 0 Å². The predicted molar refractivity (Wildman–Crippen MR) is 71.0 cm³/mol.